The van der Waals surface area contributed by atoms with Crippen molar-refractivity contribution < 1.29 is 4.79 Å². The van der Waals surface area contributed by atoms with Gasteiger partial charge in [0, 0.05) is 25.1 Å². The number of piperidine rings is 1. The van der Waals surface area contributed by atoms with Crippen molar-refractivity contribution in [2.45, 2.75) is 38.6 Å². The molecule has 1 atom stereocenters. The van der Waals surface area contributed by atoms with Crippen molar-refractivity contribution in [2.75, 3.05) is 13.1 Å². The monoisotopic (exact) mass is 402 g/mol. The molecular weight excluding hydrogens is 376 g/mol. The number of ketones is 1. The third kappa shape index (κ3) is 3.67. The maximum atomic E-state index is 12.8. The molecule has 1 aromatic carbocycles. The molecule has 0 N–H and O–H groups in total. The highest BCUT2D eigenvalue weighted by molar-refractivity contribution is 7.12. The van der Waals surface area contributed by atoms with E-state index >= 15 is 0 Å². The summed E-state index contributed by atoms with van der Waals surface area (Å²) < 4.78 is 0. The summed E-state index contributed by atoms with van der Waals surface area (Å²) >= 11 is 1.62. The lowest BCUT2D eigenvalue weighted by atomic mass is 9.75. The third-order valence-corrected chi connectivity index (χ3v) is 7.46. The maximum Gasteiger partial charge on any atom is 0.177 e. The van der Waals surface area contributed by atoms with E-state index in [2.05, 4.69) is 64.7 Å². The summed E-state index contributed by atoms with van der Waals surface area (Å²) in [5.41, 5.74) is 6.22. The van der Waals surface area contributed by atoms with Gasteiger partial charge in [-0.1, -0.05) is 30.3 Å². The Hall–Kier alpha value is -2.30. The third-order valence-electron chi connectivity index (χ3n) is 6.49. The fraction of sp³-hybridized carbons (Fsp3) is 0.360. The number of nitrogens with zero attached hydrogens (tertiary/aromatic N) is 2. The van der Waals surface area contributed by atoms with Gasteiger partial charge in [0.25, 0.3) is 0 Å². The predicted octanol–water partition coefficient (Wildman–Crippen LogP) is 5.23. The Labute approximate surface area is 176 Å². The standard InChI is InChI=1S/C25H26N2OS/c1-17-6-7-20(26-15-17)16-27-11-8-18(9-12-27)24-21-5-3-2-4-19(21)14-23(28)25-22(24)10-13-29-25/h2-7,10,13,15,18,24H,8-9,11-12,14,16H2,1H3. The highest BCUT2D eigenvalue weighted by Crippen LogP contribution is 2.44. The number of carbonyl (C=O) groups excluding carboxylic acids is 1. The summed E-state index contributed by atoms with van der Waals surface area (Å²) in [4.78, 5) is 20.9. The summed E-state index contributed by atoms with van der Waals surface area (Å²) in [6.45, 7) is 5.19. The minimum absolute atomic E-state index is 0.285. The van der Waals surface area contributed by atoms with E-state index in [4.69, 9.17) is 0 Å². The fourth-order valence-corrected chi connectivity index (χ4v) is 5.87. The minimum atomic E-state index is 0.285. The molecule has 1 saturated heterocycles. The molecule has 1 fully saturated rings. The number of hydrogen-bond acceptors (Lipinski definition) is 4. The molecule has 2 aliphatic rings. The molecule has 3 nitrogen and oxygen atoms in total. The zero-order valence-electron chi connectivity index (χ0n) is 16.8. The molecule has 3 heterocycles. The van der Waals surface area contributed by atoms with Crippen molar-refractivity contribution in [3.8, 4) is 0 Å². The zero-order chi connectivity index (χ0) is 19.8. The minimum Gasteiger partial charge on any atom is -0.297 e. The molecule has 1 aliphatic carbocycles. The van der Waals surface area contributed by atoms with E-state index in [9.17, 15) is 4.79 Å². The molecule has 0 radical (unpaired) electrons. The predicted molar refractivity (Wildman–Crippen MR) is 118 cm³/mol. The van der Waals surface area contributed by atoms with Crippen LogP contribution in [0.25, 0.3) is 0 Å². The number of pyridine rings is 1. The molecule has 2 aromatic heterocycles. The summed E-state index contributed by atoms with van der Waals surface area (Å²) in [5, 5.41) is 2.10. The summed E-state index contributed by atoms with van der Waals surface area (Å²) in [5.74, 6) is 1.21. The van der Waals surface area contributed by atoms with Crippen LogP contribution in [0.5, 0.6) is 0 Å². The van der Waals surface area contributed by atoms with Crippen molar-refractivity contribution >= 4 is 17.1 Å². The van der Waals surface area contributed by atoms with Crippen molar-refractivity contribution in [2.24, 2.45) is 5.92 Å². The van der Waals surface area contributed by atoms with Crippen LogP contribution in [0.15, 0.2) is 54.0 Å². The average molecular weight is 403 g/mol. The molecule has 0 saturated carbocycles. The zero-order valence-corrected chi connectivity index (χ0v) is 17.6. The second-order valence-electron chi connectivity index (χ2n) is 8.42. The number of likely N-dealkylation sites (tertiary alicyclic amines) is 1. The van der Waals surface area contributed by atoms with Crippen LogP contribution >= 0.6 is 11.3 Å². The Morgan fingerprint density at radius 1 is 1.07 bits per heavy atom. The number of thiophene rings is 1. The van der Waals surface area contributed by atoms with Crippen LogP contribution in [0.1, 0.15) is 56.4 Å². The normalized spacial score (nSPS) is 20.2. The number of Topliss-reactive ketones (excluding diaryl/α,β-unsaturated/α-hetero) is 1. The second kappa shape index (κ2) is 7.85. The summed E-state index contributed by atoms with van der Waals surface area (Å²) in [6, 6.07) is 15.1. The number of carbonyl (C=O) groups is 1. The van der Waals surface area contributed by atoms with Gasteiger partial charge in [-0.2, -0.15) is 0 Å². The molecule has 5 rings (SSSR count). The fourth-order valence-electron chi connectivity index (χ4n) is 4.98. The van der Waals surface area contributed by atoms with Crippen molar-refractivity contribution in [1.82, 2.24) is 9.88 Å². The van der Waals surface area contributed by atoms with Crippen LogP contribution in [0.2, 0.25) is 0 Å². The first-order chi connectivity index (χ1) is 14.2. The first kappa shape index (κ1) is 18.7. The molecule has 4 heteroatoms. The molecule has 0 amide bonds. The van der Waals surface area contributed by atoms with E-state index in [1.54, 1.807) is 11.3 Å². The van der Waals surface area contributed by atoms with Crippen molar-refractivity contribution in [1.29, 1.82) is 0 Å². The number of aryl methyl sites for hydroxylation is 1. The Kier molecular flexibility index (Phi) is 5.06. The van der Waals surface area contributed by atoms with Crippen molar-refractivity contribution in [3.63, 3.8) is 0 Å². The van der Waals surface area contributed by atoms with Gasteiger partial charge in [-0.05, 0) is 78.5 Å². The Bertz CT molecular complexity index is 1020. The second-order valence-corrected chi connectivity index (χ2v) is 9.34. The highest BCUT2D eigenvalue weighted by Gasteiger charge is 2.35. The quantitative estimate of drug-likeness (QED) is 0.601. The highest BCUT2D eigenvalue weighted by atomic mass is 32.1. The van der Waals surface area contributed by atoms with E-state index < -0.39 is 0 Å². The average Bonchev–Trinajstić information content (AvgIpc) is 3.18. The van der Waals surface area contributed by atoms with Gasteiger partial charge >= 0.3 is 0 Å². The Morgan fingerprint density at radius 2 is 1.90 bits per heavy atom. The summed E-state index contributed by atoms with van der Waals surface area (Å²) in [6.07, 6.45) is 4.82. The Balaban J connectivity index is 1.37. The molecule has 29 heavy (non-hydrogen) atoms. The van der Waals surface area contributed by atoms with Crippen LogP contribution in [0.3, 0.4) is 0 Å². The summed E-state index contributed by atoms with van der Waals surface area (Å²) in [7, 11) is 0. The van der Waals surface area contributed by atoms with Gasteiger partial charge in [-0.15, -0.1) is 11.3 Å². The molecule has 3 aromatic rings. The van der Waals surface area contributed by atoms with E-state index in [1.807, 2.05) is 6.20 Å². The van der Waals surface area contributed by atoms with Gasteiger partial charge in [0.2, 0.25) is 0 Å². The largest absolute Gasteiger partial charge is 0.297 e. The van der Waals surface area contributed by atoms with Crippen LogP contribution < -0.4 is 0 Å². The van der Waals surface area contributed by atoms with Crippen LogP contribution in [-0.4, -0.2) is 28.8 Å². The molecule has 1 unspecified atom stereocenters. The first-order valence-corrected chi connectivity index (χ1v) is 11.4. The van der Waals surface area contributed by atoms with Crippen LogP contribution in [0.4, 0.5) is 0 Å². The Morgan fingerprint density at radius 3 is 2.69 bits per heavy atom. The van der Waals surface area contributed by atoms with Crippen molar-refractivity contribution in [3.05, 3.63) is 86.9 Å². The maximum absolute atomic E-state index is 12.8. The molecule has 0 spiro atoms. The lowest BCUT2D eigenvalue weighted by Crippen LogP contribution is -2.35. The topological polar surface area (TPSA) is 33.2 Å². The number of hydrogen-bond donors (Lipinski definition) is 0. The lowest BCUT2D eigenvalue weighted by Gasteiger charge is -2.36. The molecule has 148 valence electrons. The number of fused-ring (bicyclic) bond motifs is 2. The number of aromatic nitrogens is 1. The smallest absolute Gasteiger partial charge is 0.177 e. The molecular formula is C25H26N2OS. The first-order valence-electron chi connectivity index (χ1n) is 10.5. The van der Waals surface area contributed by atoms with Gasteiger partial charge in [0.15, 0.2) is 5.78 Å². The van der Waals surface area contributed by atoms with E-state index in [0.29, 0.717) is 18.3 Å². The number of benzene rings is 1. The van der Waals surface area contributed by atoms with Crippen LogP contribution in [-0.2, 0) is 13.0 Å². The molecule has 1 aliphatic heterocycles. The van der Waals surface area contributed by atoms with Gasteiger partial charge < -0.3 is 0 Å². The van der Waals surface area contributed by atoms with E-state index in [-0.39, 0.29) is 5.78 Å². The van der Waals surface area contributed by atoms with E-state index in [1.165, 1.54) is 22.3 Å². The van der Waals surface area contributed by atoms with E-state index in [0.717, 1.165) is 43.0 Å². The van der Waals surface area contributed by atoms with Gasteiger partial charge in [-0.25, -0.2) is 0 Å². The molecule has 0 bridgehead atoms. The number of rotatable bonds is 3. The lowest BCUT2D eigenvalue weighted by molar-refractivity contribution is 0.0996. The SMILES string of the molecule is Cc1ccc(CN2CCC(C3c4ccccc4CC(=O)c4sccc43)CC2)nc1. The van der Waals surface area contributed by atoms with Gasteiger partial charge in [0.1, 0.15) is 0 Å². The van der Waals surface area contributed by atoms with Gasteiger partial charge in [0.05, 0.1) is 10.6 Å². The van der Waals surface area contributed by atoms with Crippen LogP contribution in [0, 0.1) is 12.8 Å². The van der Waals surface area contributed by atoms with Gasteiger partial charge in [-0.3, -0.25) is 14.7 Å².